The van der Waals surface area contributed by atoms with Gasteiger partial charge in [0.25, 0.3) is 0 Å². The summed E-state index contributed by atoms with van der Waals surface area (Å²) in [7, 11) is 1.26. The Labute approximate surface area is 109 Å². The highest BCUT2D eigenvalue weighted by Crippen LogP contribution is 2.17. The molecule has 0 unspecified atom stereocenters. The monoisotopic (exact) mass is 292 g/mol. The average molecular weight is 293 g/mol. The lowest BCUT2D eigenvalue weighted by Gasteiger charge is -2.17. The zero-order valence-corrected chi connectivity index (χ0v) is 10.6. The predicted octanol–water partition coefficient (Wildman–Crippen LogP) is 1.41. The molecule has 0 aromatic heterocycles. The van der Waals surface area contributed by atoms with E-state index in [0.717, 1.165) is 0 Å². The summed E-state index contributed by atoms with van der Waals surface area (Å²) in [6.45, 7) is -0.195. The Balaban J connectivity index is 0. The van der Waals surface area contributed by atoms with Crippen LogP contribution in [0.5, 0.6) is 0 Å². The molecule has 9 heteroatoms. The molecule has 18 heavy (non-hydrogen) atoms. The van der Waals surface area contributed by atoms with E-state index < -0.39 is 12.1 Å². The Morgan fingerprint density at radius 3 is 2.22 bits per heavy atom. The summed E-state index contributed by atoms with van der Waals surface area (Å²) in [6, 6.07) is 0. The van der Waals surface area contributed by atoms with Crippen LogP contribution in [-0.4, -0.2) is 36.7 Å². The number of alkyl halides is 3. The molecule has 0 aliphatic carbocycles. The number of hydrogen-bond acceptors (Lipinski definition) is 4. The van der Waals surface area contributed by atoms with Gasteiger partial charge in [-0.25, -0.2) is 5.84 Å². The van der Waals surface area contributed by atoms with Crippen LogP contribution < -0.4 is 5.84 Å². The van der Waals surface area contributed by atoms with Crippen molar-refractivity contribution in [2.75, 3.05) is 13.7 Å². The lowest BCUT2D eigenvalue weighted by atomic mass is 10.2. The van der Waals surface area contributed by atoms with Crippen LogP contribution >= 0.6 is 12.4 Å². The summed E-state index contributed by atoms with van der Waals surface area (Å²) in [6.07, 6.45) is -3.46. The maximum Gasteiger partial charge on any atom is 0.472 e. The van der Waals surface area contributed by atoms with E-state index in [9.17, 15) is 22.8 Å². The lowest BCUT2D eigenvalue weighted by Crippen LogP contribution is -2.46. The molecule has 0 bridgehead atoms. The van der Waals surface area contributed by atoms with Crippen molar-refractivity contribution in [2.45, 2.75) is 31.9 Å². The molecule has 2 N–H and O–H groups in total. The number of unbranched alkanes of at least 4 members (excludes halogenated alkanes) is 2. The second kappa shape index (κ2) is 8.98. The normalized spacial score (nSPS) is 10.5. The number of amides is 1. The van der Waals surface area contributed by atoms with Gasteiger partial charge >= 0.3 is 18.1 Å². The molecule has 0 atom stereocenters. The largest absolute Gasteiger partial charge is 0.472 e. The van der Waals surface area contributed by atoms with Gasteiger partial charge in [0.15, 0.2) is 0 Å². The zero-order valence-electron chi connectivity index (χ0n) is 9.83. The van der Waals surface area contributed by atoms with Gasteiger partial charge in [-0.05, 0) is 12.8 Å². The van der Waals surface area contributed by atoms with Gasteiger partial charge in [-0.1, -0.05) is 6.42 Å². The molecule has 0 aliphatic rings. The highest BCUT2D eigenvalue weighted by molar-refractivity contribution is 5.85. The first-order valence-corrected chi connectivity index (χ1v) is 4.99. The predicted molar refractivity (Wildman–Crippen MR) is 59.7 cm³/mol. The van der Waals surface area contributed by atoms with E-state index in [-0.39, 0.29) is 36.4 Å². The number of ether oxygens (including phenoxy) is 1. The number of hydrazine groups is 1. The van der Waals surface area contributed by atoms with Gasteiger partial charge in [0, 0.05) is 13.0 Å². The molecule has 0 saturated heterocycles. The lowest BCUT2D eigenvalue weighted by molar-refractivity contribution is -0.185. The maximum atomic E-state index is 11.9. The summed E-state index contributed by atoms with van der Waals surface area (Å²) in [5.41, 5.74) is 0. The van der Waals surface area contributed by atoms with Gasteiger partial charge in [0.05, 0.1) is 7.11 Å². The number of halogens is 4. The van der Waals surface area contributed by atoms with Crippen molar-refractivity contribution in [3.63, 3.8) is 0 Å². The van der Waals surface area contributed by atoms with Crippen LogP contribution in [0.2, 0.25) is 0 Å². The third kappa shape index (κ3) is 8.13. The van der Waals surface area contributed by atoms with E-state index in [1.165, 1.54) is 7.11 Å². The van der Waals surface area contributed by atoms with Crippen LogP contribution in [0.1, 0.15) is 25.7 Å². The van der Waals surface area contributed by atoms with Gasteiger partial charge in [0.2, 0.25) is 0 Å². The Morgan fingerprint density at radius 2 is 1.78 bits per heavy atom. The minimum atomic E-state index is -4.94. The van der Waals surface area contributed by atoms with E-state index in [0.29, 0.717) is 19.3 Å². The number of nitrogens with two attached hydrogens (primary N) is 1. The summed E-state index contributed by atoms with van der Waals surface area (Å²) in [5, 5.41) is 0.137. The van der Waals surface area contributed by atoms with Crippen LogP contribution in [0.3, 0.4) is 0 Å². The highest BCUT2D eigenvalue weighted by Gasteiger charge is 2.41. The van der Waals surface area contributed by atoms with Crippen molar-refractivity contribution in [1.82, 2.24) is 5.01 Å². The number of nitrogens with zero attached hydrogens (tertiary/aromatic N) is 1. The topological polar surface area (TPSA) is 72.6 Å². The third-order valence-corrected chi connectivity index (χ3v) is 2.01. The standard InChI is InChI=1S/C9H15F3N2O3.ClH/c1-17-7(15)5-3-2-4-6-14(13)8(16)9(10,11)12;/h2-6,13H2,1H3;1H. The fourth-order valence-electron chi connectivity index (χ4n) is 1.09. The van der Waals surface area contributed by atoms with E-state index >= 15 is 0 Å². The molecule has 0 heterocycles. The Kier molecular flexibility index (Phi) is 9.64. The van der Waals surface area contributed by atoms with Crippen LogP contribution in [0.4, 0.5) is 13.2 Å². The second-order valence-corrected chi connectivity index (χ2v) is 3.38. The molecule has 1 amide bonds. The molecule has 0 aromatic carbocycles. The van der Waals surface area contributed by atoms with E-state index in [2.05, 4.69) is 4.74 Å². The molecular weight excluding hydrogens is 277 g/mol. The van der Waals surface area contributed by atoms with Crippen LogP contribution in [0.15, 0.2) is 0 Å². The van der Waals surface area contributed by atoms with Crippen molar-refractivity contribution in [3.05, 3.63) is 0 Å². The summed E-state index contributed by atoms with van der Waals surface area (Å²) >= 11 is 0. The van der Waals surface area contributed by atoms with Gasteiger partial charge in [-0.15, -0.1) is 12.4 Å². The number of hydrogen-bond donors (Lipinski definition) is 1. The Bertz CT molecular complexity index is 274. The quantitative estimate of drug-likeness (QED) is 0.264. The Morgan fingerprint density at radius 1 is 1.22 bits per heavy atom. The summed E-state index contributed by atoms with van der Waals surface area (Å²) in [5.74, 6) is 2.51. The van der Waals surface area contributed by atoms with Gasteiger partial charge in [-0.2, -0.15) is 13.2 Å². The molecule has 0 aromatic rings. The van der Waals surface area contributed by atoms with Crippen molar-refractivity contribution < 1.29 is 27.5 Å². The van der Waals surface area contributed by atoms with Crippen molar-refractivity contribution in [2.24, 2.45) is 5.84 Å². The molecule has 0 saturated carbocycles. The van der Waals surface area contributed by atoms with Crippen LogP contribution in [-0.2, 0) is 14.3 Å². The highest BCUT2D eigenvalue weighted by atomic mass is 35.5. The fourth-order valence-corrected chi connectivity index (χ4v) is 1.09. The van der Waals surface area contributed by atoms with E-state index in [1.54, 1.807) is 0 Å². The maximum absolute atomic E-state index is 11.9. The first-order valence-electron chi connectivity index (χ1n) is 4.99. The van der Waals surface area contributed by atoms with E-state index in [1.807, 2.05) is 0 Å². The van der Waals surface area contributed by atoms with Gasteiger partial charge in [-0.3, -0.25) is 14.6 Å². The molecule has 108 valence electrons. The molecule has 0 rings (SSSR count). The SMILES string of the molecule is COC(=O)CCCCCN(N)C(=O)C(F)(F)F.Cl. The number of carbonyl (C=O) groups is 2. The molecule has 5 nitrogen and oxygen atoms in total. The van der Waals surface area contributed by atoms with Crippen LogP contribution in [0.25, 0.3) is 0 Å². The molecular formula is C9H16ClF3N2O3. The summed E-state index contributed by atoms with van der Waals surface area (Å²) < 4.78 is 40.1. The first kappa shape index (κ1) is 19.3. The Hall–Kier alpha value is -1.02. The van der Waals surface area contributed by atoms with Gasteiger partial charge in [0.1, 0.15) is 0 Å². The molecule has 0 fully saturated rings. The van der Waals surface area contributed by atoms with Crippen molar-refractivity contribution in [3.8, 4) is 0 Å². The molecule has 0 aliphatic heterocycles. The van der Waals surface area contributed by atoms with Gasteiger partial charge < -0.3 is 4.74 Å². The minimum Gasteiger partial charge on any atom is -0.469 e. The smallest absolute Gasteiger partial charge is 0.469 e. The van der Waals surface area contributed by atoms with Crippen molar-refractivity contribution >= 4 is 24.3 Å². The first-order chi connectivity index (χ1) is 7.79. The average Bonchev–Trinajstić information content (AvgIpc) is 2.25. The number of methoxy groups -OCH3 is 1. The van der Waals surface area contributed by atoms with Crippen LogP contribution in [0, 0.1) is 0 Å². The minimum absolute atomic E-state index is 0. The molecule has 0 radical (unpaired) electrons. The van der Waals surface area contributed by atoms with E-state index in [4.69, 9.17) is 5.84 Å². The third-order valence-electron chi connectivity index (χ3n) is 2.01. The zero-order chi connectivity index (χ0) is 13.5. The van der Waals surface area contributed by atoms with Crippen molar-refractivity contribution in [1.29, 1.82) is 0 Å². The molecule has 0 spiro atoms. The second-order valence-electron chi connectivity index (χ2n) is 3.38. The number of rotatable bonds is 6. The summed E-state index contributed by atoms with van der Waals surface area (Å²) in [4.78, 5) is 21.3. The number of carbonyl (C=O) groups excluding carboxylic acids is 2. The number of esters is 1. The fraction of sp³-hybridized carbons (Fsp3) is 0.778.